The van der Waals surface area contributed by atoms with Gasteiger partial charge in [0.15, 0.2) is 0 Å². The molecule has 0 spiro atoms. The monoisotopic (exact) mass is 319 g/mol. The zero-order valence-corrected chi connectivity index (χ0v) is 14.3. The first-order valence-corrected chi connectivity index (χ1v) is 8.51. The summed E-state index contributed by atoms with van der Waals surface area (Å²) < 4.78 is 0. The summed E-state index contributed by atoms with van der Waals surface area (Å²) in [6.07, 6.45) is 0. The number of hydrogen-bond acceptors (Lipinski definition) is 2. The molecule has 2 atom stereocenters. The van der Waals surface area contributed by atoms with Crippen LogP contribution in [-0.2, 0) is 0 Å². The standard InChI is InChI=1S/C18H22ClNS/c1-12(2)14-8-10-15(11-9-14)21-18(13(3)20)16-6-4-5-7-17(16)19/h4-13,18H,20H2,1-3H3. The third-order valence-corrected chi connectivity index (χ3v) is 5.32. The van der Waals surface area contributed by atoms with E-state index in [1.165, 1.54) is 10.5 Å². The number of nitrogens with two attached hydrogens (primary N) is 1. The minimum Gasteiger partial charge on any atom is -0.327 e. The molecular formula is C18H22ClNS. The van der Waals surface area contributed by atoms with Crippen LogP contribution in [0.2, 0.25) is 5.02 Å². The molecule has 2 N–H and O–H groups in total. The highest BCUT2D eigenvalue weighted by atomic mass is 35.5. The fourth-order valence-electron chi connectivity index (χ4n) is 2.24. The molecule has 0 bridgehead atoms. The van der Waals surface area contributed by atoms with Gasteiger partial charge in [-0.1, -0.05) is 55.8 Å². The predicted molar refractivity (Wildman–Crippen MR) is 94.2 cm³/mol. The third kappa shape index (κ3) is 4.26. The lowest BCUT2D eigenvalue weighted by Crippen LogP contribution is -2.22. The van der Waals surface area contributed by atoms with Gasteiger partial charge in [-0.05, 0) is 42.2 Å². The van der Waals surface area contributed by atoms with Crippen LogP contribution in [0.4, 0.5) is 0 Å². The van der Waals surface area contributed by atoms with Crippen LogP contribution in [0.15, 0.2) is 53.4 Å². The van der Waals surface area contributed by atoms with Crippen molar-refractivity contribution in [3.8, 4) is 0 Å². The van der Waals surface area contributed by atoms with E-state index in [4.69, 9.17) is 17.3 Å². The zero-order valence-electron chi connectivity index (χ0n) is 12.7. The number of thioether (sulfide) groups is 1. The van der Waals surface area contributed by atoms with Crippen molar-refractivity contribution in [2.75, 3.05) is 0 Å². The van der Waals surface area contributed by atoms with E-state index in [1.807, 2.05) is 25.1 Å². The van der Waals surface area contributed by atoms with Gasteiger partial charge in [0.25, 0.3) is 0 Å². The molecule has 1 nitrogen and oxygen atoms in total. The van der Waals surface area contributed by atoms with Gasteiger partial charge in [0.1, 0.15) is 0 Å². The van der Waals surface area contributed by atoms with Gasteiger partial charge in [0, 0.05) is 16.0 Å². The van der Waals surface area contributed by atoms with Gasteiger partial charge in [-0.2, -0.15) is 0 Å². The molecule has 0 aromatic heterocycles. The molecule has 0 heterocycles. The van der Waals surface area contributed by atoms with Crippen molar-refractivity contribution in [2.45, 2.75) is 42.9 Å². The van der Waals surface area contributed by atoms with Gasteiger partial charge in [0.2, 0.25) is 0 Å². The quantitative estimate of drug-likeness (QED) is 0.721. The summed E-state index contributed by atoms with van der Waals surface area (Å²) >= 11 is 8.10. The molecular weight excluding hydrogens is 298 g/mol. The average molecular weight is 320 g/mol. The van der Waals surface area contributed by atoms with Crippen LogP contribution in [0, 0.1) is 0 Å². The minimum absolute atomic E-state index is 0.0275. The summed E-state index contributed by atoms with van der Waals surface area (Å²) in [6, 6.07) is 16.7. The van der Waals surface area contributed by atoms with Crippen molar-refractivity contribution >= 4 is 23.4 Å². The van der Waals surface area contributed by atoms with E-state index in [0.29, 0.717) is 5.92 Å². The first kappa shape index (κ1) is 16.4. The Hall–Kier alpha value is -0.960. The topological polar surface area (TPSA) is 26.0 Å². The normalized spacial score (nSPS) is 14.2. The summed E-state index contributed by atoms with van der Waals surface area (Å²) in [4.78, 5) is 1.22. The Bertz CT molecular complexity index is 578. The maximum absolute atomic E-state index is 6.33. The Morgan fingerprint density at radius 1 is 0.952 bits per heavy atom. The van der Waals surface area contributed by atoms with Crippen molar-refractivity contribution in [1.82, 2.24) is 0 Å². The van der Waals surface area contributed by atoms with E-state index < -0.39 is 0 Å². The van der Waals surface area contributed by atoms with Gasteiger partial charge < -0.3 is 5.73 Å². The second kappa shape index (κ2) is 7.35. The summed E-state index contributed by atoms with van der Waals surface area (Å²) in [5.74, 6) is 0.553. The van der Waals surface area contributed by atoms with Crippen molar-refractivity contribution in [3.05, 3.63) is 64.7 Å². The summed E-state index contributed by atoms with van der Waals surface area (Å²) in [6.45, 7) is 6.44. The fourth-order valence-corrected chi connectivity index (χ4v) is 3.69. The second-order valence-corrected chi connectivity index (χ2v) is 7.26. The molecule has 3 heteroatoms. The Balaban J connectivity index is 2.23. The number of rotatable bonds is 5. The first-order chi connectivity index (χ1) is 9.99. The van der Waals surface area contributed by atoms with Crippen molar-refractivity contribution in [2.24, 2.45) is 5.73 Å². The van der Waals surface area contributed by atoms with Gasteiger partial charge in [-0.15, -0.1) is 11.8 Å². The first-order valence-electron chi connectivity index (χ1n) is 7.25. The number of benzene rings is 2. The molecule has 2 aromatic rings. The van der Waals surface area contributed by atoms with Crippen LogP contribution < -0.4 is 5.73 Å². The lowest BCUT2D eigenvalue weighted by molar-refractivity contribution is 0.721. The summed E-state index contributed by atoms with van der Waals surface area (Å²) in [5.41, 5.74) is 8.64. The predicted octanol–water partition coefficient (Wildman–Crippen LogP) is 5.64. The largest absolute Gasteiger partial charge is 0.327 e. The van der Waals surface area contributed by atoms with E-state index >= 15 is 0 Å². The summed E-state index contributed by atoms with van der Waals surface area (Å²) in [7, 11) is 0. The van der Waals surface area contributed by atoms with Crippen molar-refractivity contribution in [1.29, 1.82) is 0 Å². The molecule has 0 saturated carbocycles. The highest BCUT2D eigenvalue weighted by Crippen LogP contribution is 2.40. The minimum atomic E-state index is 0.0275. The molecule has 0 saturated heterocycles. The lowest BCUT2D eigenvalue weighted by atomic mass is 10.0. The molecule has 112 valence electrons. The molecule has 21 heavy (non-hydrogen) atoms. The fraction of sp³-hybridized carbons (Fsp3) is 0.333. The SMILES string of the molecule is CC(C)c1ccc(SC(c2ccccc2Cl)C(C)N)cc1. The molecule has 0 amide bonds. The maximum Gasteiger partial charge on any atom is 0.0507 e. The van der Waals surface area contributed by atoms with Gasteiger partial charge in [0.05, 0.1) is 5.25 Å². The molecule has 2 unspecified atom stereocenters. The molecule has 0 aliphatic carbocycles. The third-order valence-electron chi connectivity index (χ3n) is 3.50. The van der Waals surface area contributed by atoms with Crippen LogP contribution in [0.1, 0.15) is 43.1 Å². The maximum atomic E-state index is 6.33. The average Bonchev–Trinajstić information content (AvgIpc) is 2.46. The van der Waals surface area contributed by atoms with Crippen LogP contribution >= 0.6 is 23.4 Å². The molecule has 0 aliphatic heterocycles. The van der Waals surface area contributed by atoms with E-state index in [0.717, 1.165) is 10.6 Å². The van der Waals surface area contributed by atoms with E-state index in [2.05, 4.69) is 44.2 Å². The van der Waals surface area contributed by atoms with Gasteiger partial charge >= 0.3 is 0 Å². The Morgan fingerprint density at radius 2 is 1.57 bits per heavy atom. The van der Waals surface area contributed by atoms with Crippen molar-refractivity contribution in [3.63, 3.8) is 0 Å². The smallest absolute Gasteiger partial charge is 0.0507 e. The van der Waals surface area contributed by atoms with Crippen LogP contribution in [0.3, 0.4) is 0 Å². The second-order valence-electron chi connectivity index (χ2n) is 5.64. The van der Waals surface area contributed by atoms with E-state index in [9.17, 15) is 0 Å². The van der Waals surface area contributed by atoms with Crippen LogP contribution in [0.5, 0.6) is 0 Å². The lowest BCUT2D eigenvalue weighted by Gasteiger charge is -2.22. The number of hydrogen-bond donors (Lipinski definition) is 1. The summed E-state index contributed by atoms with van der Waals surface area (Å²) in [5, 5.41) is 0.940. The molecule has 0 fully saturated rings. The van der Waals surface area contributed by atoms with E-state index in [-0.39, 0.29) is 11.3 Å². The highest BCUT2D eigenvalue weighted by molar-refractivity contribution is 7.99. The van der Waals surface area contributed by atoms with Crippen LogP contribution in [0.25, 0.3) is 0 Å². The zero-order chi connectivity index (χ0) is 15.4. The Kier molecular flexibility index (Phi) is 5.74. The molecule has 0 radical (unpaired) electrons. The molecule has 0 aliphatic rings. The van der Waals surface area contributed by atoms with Gasteiger partial charge in [-0.3, -0.25) is 0 Å². The molecule has 2 aromatic carbocycles. The van der Waals surface area contributed by atoms with Crippen LogP contribution in [-0.4, -0.2) is 6.04 Å². The number of halogens is 1. The Labute approximate surface area is 136 Å². The molecule has 2 rings (SSSR count). The van der Waals surface area contributed by atoms with Crippen molar-refractivity contribution < 1.29 is 0 Å². The van der Waals surface area contributed by atoms with Gasteiger partial charge in [-0.25, -0.2) is 0 Å². The highest BCUT2D eigenvalue weighted by Gasteiger charge is 2.20. The Morgan fingerprint density at radius 3 is 2.10 bits per heavy atom. The van der Waals surface area contributed by atoms with E-state index in [1.54, 1.807) is 11.8 Å².